The third-order valence-electron chi connectivity index (χ3n) is 4.19. The second-order valence-corrected chi connectivity index (χ2v) is 6.13. The minimum Gasteiger partial charge on any atom is -0.390 e. The number of aromatic nitrogens is 1. The highest BCUT2D eigenvalue weighted by Crippen LogP contribution is 2.24. The molecule has 0 spiro atoms. The van der Waals surface area contributed by atoms with E-state index in [2.05, 4.69) is 41.1 Å². The lowest BCUT2D eigenvalue weighted by Gasteiger charge is -2.10. The van der Waals surface area contributed by atoms with Crippen molar-refractivity contribution in [3.05, 3.63) is 66.1 Å². The third-order valence-corrected chi connectivity index (χ3v) is 4.19. The van der Waals surface area contributed by atoms with Crippen LogP contribution in [-0.2, 0) is 6.54 Å². The molecule has 0 bridgehead atoms. The molecule has 3 N–H and O–H groups in total. The van der Waals surface area contributed by atoms with Crippen molar-refractivity contribution in [1.29, 1.82) is 0 Å². The Morgan fingerprint density at radius 2 is 1.77 bits per heavy atom. The lowest BCUT2D eigenvalue weighted by molar-refractivity contribution is 0.398. The molecule has 26 heavy (non-hydrogen) atoms. The van der Waals surface area contributed by atoms with Gasteiger partial charge in [-0.3, -0.25) is 9.37 Å². The van der Waals surface area contributed by atoms with Crippen molar-refractivity contribution in [2.24, 2.45) is 5.73 Å². The van der Waals surface area contributed by atoms with Crippen molar-refractivity contribution in [3.63, 3.8) is 0 Å². The predicted molar refractivity (Wildman–Crippen MR) is 105 cm³/mol. The molecule has 0 amide bonds. The number of nitrogens with zero attached hydrogens (tertiary/aromatic N) is 1. The van der Waals surface area contributed by atoms with Crippen LogP contribution in [0.25, 0.3) is 11.1 Å². The molecule has 0 saturated carbocycles. The lowest BCUT2D eigenvalue weighted by Crippen LogP contribution is -2.12. The molecule has 0 aliphatic rings. The van der Waals surface area contributed by atoms with Gasteiger partial charge in [0.25, 0.3) is 0 Å². The fourth-order valence-electron chi connectivity index (χ4n) is 2.25. The maximum absolute atomic E-state index is 12.3. The van der Waals surface area contributed by atoms with Crippen LogP contribution in [0.1, 0.15) is 37.4 Å². The highest BCUT2D eigenvalue weighted by molar-refractivity contribution is 5.62. The van der Waals surface area contributed by atoms with Crippen molar-refractivity contribution in [2.45, 2.75) is 38.9 Å². The first kappa shape index (κ1) is 21.8. The predicted octanol–water partition coefficient (Wildman–Crippen LogP) is 4.75. The van der Waals surface area contributed by atoms with Crippen LogP contribution in [-0.4, -0.2) is 24.9 Å². The Labute approximate surface area is 155 Å². The molecule has 2 atom stereocenters. The molecule has 0 aliphatic carbocycles. The van der Waals surface area contributed by atoms with Gasteiger partial charge in [-0.15, -0.1) is 0 Å². The van der Waals surface area contributed by atoms with Gasteiger partial charge in [0.15, 0.2) is 0 Å². The summed E-state index contributed by atoms with van der Waals surface area (Å²) in [6, 6.07) is 12.2. The van der Waals surface area contributed by atoms with Crippen LogP contribution >= 0.6 is 0 Å². The van der Waals surface area contributed by atoms with Crippen LogP contribution in [0, 0.1) is 0 Å². The highest BCUT2D eigenvalue weighted by Gasteiger charge is 2.06. The molecule has 2 aromatic rings. The lowest BCUT2D eigenvalue weighted by atomic mass is 9.96. The van der Waals surface area contributed by atoms with E-state index >= 15 is 0 Å². The standard InChI is InChI=1S/C16H19FN2.C5H10FN/c1-12(8-9-17)13-2-4-14(5-3-13)15-6-7-16(10-18)19-11-15;1-4(6)5(2)7-3/h2-7,11-12H,8-10,18H2,1H3;4,7H,2H2,1,3H3. The first-order valence-electron chi connectivity index (χ1n) is 8.74. The quantitative estimate of drug-likeness (QED) is 0.748. The molecule has 3 nitrogen and oxygen atoms in total. The van der Waals surface area contributed by atoms with E-state index in [1.807, 2.05) is 25.3 Å². The fourth-order valence-corrected chi connectivity index (χ4v) is 2.25. The third kappa shape index (κ3) is 6.92. The second-order valence-electron chi connectivity index (χ2n) is 6.13. The number of rotatable bonds is 7. The molecule has 0 saturated heterocycles. The molecule has 1 aromatic carbocycles. The van der Waals surface area contributed by atoms with Crippen LogP contribution in [0.4, 0.5) is 8.78 Å². The first-order chi connectivity index (χ1) is 12.4. The van der Waals surface area contributed by atoms with Gasteiger partial charge in [-0.05, 0) is 36.5 Å². The largest absolute Gasteiger partial charge is 0.390 e. The van der Waals surface area contributed by atoms with Crippen molar-refractivity contribution in [2.75, 3.05) is 13.7 Å². The van der Waals surface area contributed by atoms with E-state index in [1.54, 1.807) is 7.05 Å². The van der Waals surface area contributed by atoms with Crippen molar-refractivity contribution >= 4 is 0 Å². The number of benzene rings is 1. The average Bonchev–Trinajstić information content (AvgIpc) is 2.68. The number of nitrogens with one attached hydrogen (secondary N) is 1. The van der Waals surface area contributed by atoms with Gasteiger partial charge in [0.05, 0.1) is 12.4 Å². The van der Waals surface area contributed by atoms with Crippen LogP contribution < -0.4 is 11.1 Å². The fraction of sp³-hybridized carbons (Fsp3) is 0.381. The molecular formula is C21H29F2N3. The van der Waals surface area contributed by atoms with Crippen LogP contribution in [0.2, 0.25) is 0 Å². The molecular weight excluding hydrogens is 332 g/mol. The van der Waals surface area contributed by atoms with Gasteiger partial charge in [-0.25, -0.2) is 4.39 Å². The summed E-state index contributed by atoms with van der Waals surface area (Å²) in [4.78, 5) is 4.29. The van der Waals surface area contributed by atoms with Gasteiger partial charge >= 0.3 is 0 Å². The summed E-state index contributed by atoms with van der Waals surface area (Å²) in [6.45, 7) is 7.07. The van der Waals surface area contributed by atoms with Gasteiger partial charge in [0, 0.05) is 31.0 Å². The maximum Gasteiger partial charge on any atom is 0.136 e. The smallest absolute Gasteiger partial charge is 0.136 e. The number of alkyl halides is 2. The van der Waals surface area contributed by atoms with E-state index in [0.29, 0.717) is 18.7 Å². The number of nitrogens with two attached hydrogens (primary N) is 1. The van der Waals surface area contributed by atoms with Gasteiger partial charge < -0.3 is 11.1 Å². The zero-order valence-electron chi connectivity index (χ0n) is 15.8. The van der Waals surface area contributed by atoms with E-state index in [1.165, 1.54) is 12.5 Å². The zero-order chi connectivity index (χ0) is 19.5. The van der Waals surface area contributed by atoms with Gasteiger partial charge in [-0.1, -0.05) is 43.8 Å². The summed E-state index contributed by atoms with van der Waals surface area (Å²) in [7, 11) is 1.65. The first-order valence-corrected chi connectivity index (χ1v) is 8.74. The Balaban J connectivity index is 0.000000412. The second kappa shape index (κ2) is 11.4. The monoisotopic (exact) mass is 361 g/mol. The van der Waals surface area contributed by atoms with Crippen LogP contribution in [0.3, 0.4) is 0 Å². The van der Waals surface area contributed by atoms with Gasteiger partial charge in [0.2, 0.25) is 0 Å². The Hall–Kier alpha value is -2.27. The normalized spacial score (nSPS) is 12.5. The SMILES string of the molecule is C=C(NC)C(C)F.CC(CCF)c1ccc(-c2ccc(CN)nc2)cc1. The Bertz CT molecular complexity index is 652. The molecule has 2 unspecified atom stereocenters. The molecule has 0 radical (unpaired) electrons. The molecule has 0 aliphatic heterocycles. The number of hydrogen-bond acceptors (Lipinski definition) is 3. The van der Waals surface area contributed by atoms with Gasteiger partial charge in [-0.2, -0.15) is 0 Å². The van der Waals surface area contributed by atoms with E-state index in [-0.39, 0.29) is 12.6 Å². The number of halogens is 2. The minimum atomic E-state index is -0.940. The number of pyridine rings is 1. The molecule has 5 heteroatoms. The number of hydrogen-bond donors (Lipinski definition) is 2. The van der Waals surface area contributed by atoms with Crippen LogP contribution in [0.15, 0.2) is 54.9 Å². The molecule has 0 fully saturated rings. The molecule has 142 valence electrons. The Morgan fingerprint density at radius 1 is 1.15 bits per heavy atom. The highest BCUT2D eigenvalue weighted by atomic mass is 19.1. The van der Waals surface area contributed by atoms with Crippen molar-refractivity contribution in [1.82, 2.24) is 10.3 Å². The summed E-state index contributed by atoms with van der Waals surface area (Å²) in [5, 5.41) is 2.59. The van der Waals surface area contributed by atoms with Gasteiger partial charge in [0.1, 0.15) is 6.17 Å². The molecule has 1 aromatic heterocycles. The number of allylic oxidation sites excluding steroid dienone is 1. The maximum atomic E-state index is 12.3. The Morgan fingerprint density at radius 3 is 2.15 bits per heavy atom. The average molecular weight is 361 g/mol. The van der Waals surface area contributed by atoms with Crippen LogP contribution in [0.5, 0.6) is 0 Å². The van der Waals surface area contributed by atoms with E-state index < -0.39 is 6.17 Å². The summed E-state index contributed by atoms with van der Waals surface area (Å²) in [6.07, 6.45) is 1.47. The van der Waals surface area contributed by atoms with E-state index in [0.717, 1.165) is 16.8 Å². The minimum absolute atomic E-state index is 0.261. The molecule has 1 heterocycles. The topological polar surface area (TPSA) is 50.9 Å². The summed E-state index contributed by atoms with van der Waals surface area (Å²) >= 11 is 0. The van der Waals surface area contributed by atoms with Crippen molar-refractivity contribution < 1.29 is 8.78 Å². The Kier molecular flexibility index (Phi) is 9.52. The summed E-state index contributed by atoms with van der Waals surface area (Å²) in [5.41, 5.74) is 10.2. The van der Waals surface area contributed by atoms with E-state index in [4.69, 9.17) is 5.73 Å². The van der Waals surface area contributed by atoms with E-state index in [9.17, 15) is 8.78 Å². The molecule has 2 rings (SSSR count). The zero-order valence-corrected chi connectivity index (χ0v) is 15.8. The van der Waals surface area contributed by atoms with Crippen molar-refractivity contribution in [3.8, 4) is 11.1 Å². The summed E-state index contributed by atoms with van der Waals surface area (Å²) < 4.78 is 24.3. The summed E-state index contributed by atoms with van der Waals surface area (Å²) in [5.74, 6) is 0.261.